The fraction of sp³-hybridized carbons (Fsp3) is 0.529. The van der Waals surface area contributed by atoms with Gasteiger partial charge in [0.25, 0.3) is 0 Å². The van der Waals surface area contributed by atoms with Crippen LogP contribution in [-0.4, -0.2) is 51.1 Å². The van der Waals surface area contributed by atoms with Gasteiger partial charge in [-0.05, 0) is 6.07 Å². The molecule has 0 amide bonds. The molecule has 0 saturated carbocycles. The molecule has 2 aliphatic rings. The average Bonchev–Trinajstić information content (AvgIpc) is 2.92. The summed E-state index contributed by atoms with van der Waals surface area (Å²) in [7, 11) is 1.95. The molecule has 6 nitrogen and oxygen atoms in total. The van der Waals surface area contributed by atoms with Gasteiger partial charge in [0.2, 0.25) is 5.88 Å². The highest BCUT2D eigenvalue weighted by molar-refractivity contribution is 5.12. The third kappa shape index (κ3) is 3.23. The predicted octanol–water partition coefficient (Wildman–Crippen LogP) is 1.63. The molecule has 6 heteroatoms. The maximum Gasteiger partial charge on any atom is 0.213 e. The van der Waals surface area contributed by atoms with Crippen molar-refractivity contribution in [2.24, 2.45) is 7.05 Å². The summed E-state index contributed by atoms with van der Waals surface area (Å²) in [6.07, 6.45) is 7.83. The number of aryl methyl sites for hydroxylation is 1. The topological polar surface area (TPSA) is 52.4 Å². The van der Waals surface area contributed by atoms with Gasteiger partial charge in [-0.1, -0.05) is 6.07 Å². The van der Waals surface area contributed by atoms with Crippen molar-refractivity contribution in [1.29, 1.82) is 0 Å². The third-order valence-electron chi connectivity index (χ3n) is 4.56. The van der Waals surface area contributed by atoms with Crippen LogP contribution in [0.3, 0.4) is 0 Å². The van der Waals surface area contributed by atoms with Gasteiger partial charge in [-0.3, -0.25) is 9.58 Å². The van der Waals surface area contributed by atoms with E-state index in [0.717, 1.165) is 39.1 Å². The Bertz CT molecular complexity index is 652. The Morgan fingerprint density at radius 2 is 2.30 bits per heavy atom. The molecule has 2 saturated heterocycles. The van der Waals surface area contributed by atoms with E-state index in [0.29, 0.717) is 5.88 Å². The van der Waals surface area contributed by atoms with E-state index >= 15 is 0 Å². The van der Waals surface area contributed by atoms with Crippen molar-refractivity contribution in [2.75, 3.05) is 19.7 Å². The molecule has 23 heavy (non-hydrogen) atoms. The summed E-state index contributed by atoms with van der Waals surface area (Å²) in [5.74, 6) is 0.709. The first-order valence-electron chi connectivity index (χ1n) is 8.12. The highest BCUT2D eigenvalue weighted by Gasteiger charge is 2.48. The number of likely N-dealkylation sites (tertiary alicyclic amines) is 1. The summed E-state index contributed by atoms with van der Waals surface area (Å²) >= 11 is 0. The largest absolute Gasteiger partial charge is 0.474 e. The van der Waals surface area contributed by atoms with E-state index in [1.54, 1.807) is 6.20 Å². The summed E-state index contributed by atoms with van der Waals surface area (Å²) in [4.78, 5) is 6.66. The van der Waals surface area contributed by atoms with Gasteiger partial charge in [0.05, 0.1) is 18.4 Å². The summed E-state index contributed by atoms with van der Waals surface area (Å²) in [6, 6.07) is 5.77. The van der Waals surface area contributed by atoms with Crippen molar-refractivity contribution in [3.63, 3.8) is 0 Å². The molecule has 2 fully saturated rings. The van der Waals surface area contributed by atoms with Crippen molar-refractivity contribution < 1.29 is 9.47 Å². The molecule has 1 spiro atoms. The minimum atomic E-state index is -0.0418. The molecular weight excluding hydrogens is 292 g/mol. The Labute approximate surface area is 136 Å². The van der Waals surface area contributed by atoms with E-state index in [4.69, 9.17) is 9.47 Å². The van der Waals surface area contributed by atoms with Crippen LogP contribution >= 0.6 is 0 Å². The molecule has 0 radical (unpaired) electrons. The quantitative estimate of drug-likeness (QED) is 0.858. The second-order valence-electron chi connectivity index (χ2n) is 6.60. The highest BCUT2D eigenvalue weighted by atomic mass is 16.5. The van der Waals surface area contributed by atoms with E-state index in [2.05, 4.69) is 21.2 Å². The molecule has 0 N–H and O–H groups in total. The first-order valence-corrected chi connectivity index (χ1v) is 8.12. The van der Waals surface area contributed by atoms with Crippen LogP contribution < -0.4 is 4.74 Å². The van der Waals surface area contributed by atoms with E-state index in [9.17, 15) is 0 Å². The molecule has 2 aromatic rings. The molecular formula is C17H22N4O2. The maximum absolute atomic E-state index is 6.08. The molecule has 0 aliphatic carbocycles. The van der Waals surface area contributed by atoms with Crippen molar-refractivity contribution in [2.45, 2.75) is 31.1 Å². The van der Waals surface area contributed by atoms with Crippen LogP contribution in [0.1, 0.15) is 18.4 Å². The summed E-state index contributed by atoms with van der Waals surface area (Å²) < 4.78 is 13.9. The van der Waals surface area contributed by atoms with Gasteiger partial charge in [-0.15, -0.1) is 0 Å². The van der Waals surface area contributed by atoms with E-state index in [1.165, 1.54) is 5.56 Å². The molecule has 4 rings (SSSR count). The summed E-state index contributed by atoms with van der Waals surface area (Å²) in [5, 5.41) is 4.22. The Morgan fingerprint density at radius 1 is 1.39 bits per heavy atom. The Morgan fingerprint density at radius 3 is 3.04 bits per heavy atom. The van der Waals surface area contributed by atoms with E-state index < -0.39 is 0 Å². The maximum atomic E-state index is 6.08. The molecule has 1 atom stereocenters. The van der Waals surface area contributed by atoms with Crippen LogP contribution in [0, 0.1) is 0 Å². The van der Waals surface area contributed by atoms with Gasteiger partial charge in [0.15, 0.2) is 0 Å². The van der Waals surface area contributed by atoms with Crippen LogP contribution in [0.15, 0.2) is 36.8 Å². The lowest BCUT2D eigenvalue weighted by Gasteiger charge is -2.53. The Hall–Kier alpha value is -1.92. The molecule has 4 heterocycles. The van der Waals surface area contributed by atoms with Crippen molar-refractivity contribution in [3.05, 3.63) is 42.4 Å². The highest BCUT2D eigenvalue weighted by Crippen LogP contribution is 2.36. The SMILES string of the molecule is Cn1cc(CN2CC3(CC(Oc4ccccn4)CCO3)C2)cn1. The van der Waals surface area contributed by atoms with Crippen molar-refractivity contribution in [3.8, 4) is 5.88 Å². The molecule has 0 aromatic carbocycles. The fourth-order valence-electron chi connectivity index (χ4n) is 3.58. The van der Waals surface area contributed by atoms with Crippen molar-refractivity contribution in [1.82, 2.24) is 19.7 Å². The normalized spacial score (nSPS) is 23.6. The monoisotopic (exact) mass is 314 g/mol. The minimum Gasteiger partial charge on any atom is -0.474 e. The molecule has 1 unspecified atom stereocenters. The van der Waals surface area contributed by atoms with Gasteiger partial charge in [-0.2, -0.15) is 5.10 Å². The molecule has 122 valence electrons. The number of aromatic nitrogens is 3. The summed E-state index contributed by atoms with van der Waals surface area (Å²) in [6.45, 7) is 3.62. The van der Waals surface area contributed by atoms with Crippen LogP contribution in [-0.2, 0) is 18.3 Å². The number of hydrogen-bond donors (Lipinski definition) is 0. The number of pyridine rings is 1. The molecule has 2 aliphatic heterocycles. The Balaban J connectivity index is 1.32. The zero-order valence-corrected chi connectivity index (χ0v) is 13.4. The third-order valence-corrected chi connectivity index (χ3v) is 4.56. The van der Waals surface area contributed by atoms with Gasteiger partial charge in [0, 0.05) is 63.5 Å². The fourth-order valence-corrected chi connectivity index (χ4v) is 3.58. The van der Waals surface area contributed by atoms with Crippen LogP contribution in [0.5, 0.6) is 5.88 Å². The first kappa shape index (κ1) is 14.7. The van der Waals surface area contributed by atoms with Gasteiger partial charge in [-0.25, -0.2) is 4.98 Å². The lowest BCUT2D eigenvalue weighted by Crippen LogP contribution is -2.65. The molecule has 0 bridgehead atoms. The number of rotatable bonds is 4. The Kier molecular flexibility index (Phi) is 3.79. The molecule has 2 aromatic heterocycles. The second kappa shape index (κ2) is 5.94. The minimum absolute atomic E-state index is 0.0418. The van der Waals surface area contributed by atoms with Crippen LogP contribution in [0.2, 0.25) is 0 Å². The number of ether oxygens (including phenoxy) is 2. The van der Waals surface area contributed by atoms with Gasteiger partial charge in [0.1, 0.15) is 6.10 Å². The zero-order chi connectivity index (χ0) is 15.7. The van der Waals surface area contributed by atoms with E-state index in [1.807, 2.05) is 36.1 Å². The summed E-state index contributed by atoms with van der Waals surface area (Å²) in [5.41, 5.74) is 1.21. The number of nitrogens with zero attached hydrogens (tertiary/aromatic N) is 4. The number of hydrogen-bond acceptors (Lipinski definition) is 5. The lowest BCUT2D eigenvalue weighted by atomic mass is 9.84. The van der Waals surface area contributed by atoms with E-state index in [-0.39, 0.29) is 11.7 Å². The second-order valence-corrected chi connectivity index (χ2v) is 6.60. The first-order chi connectivity index (χ1) is 11.2. The predicted molar refractivity (Wildman–Crippen MR) is 85.1 cm³/mol. The van der Waals surface area contributed by atoms with Gasteiger partial charge >= 0.3 is 0 Å². The lowest BCUT2D eigenvalue weighted by molar-refractivity contribution is -0.188. The van der Waals surface area contributed by atoms with Crippen LogP contribution in [0.4, 0.5) is 0 Å². The standard InChI is InChI=1S/C17H22N4O2/c1-20-10-14(9-19-20)11-21-12-17(13-21)8-15(5-7-22-17)23-16-4-2-3-6-18-16/h2-4,6,9-10,15H,5,7-8,11-13H2,1H3. The smallest absolute Gasteiger partial charge is 0.213 e. The van der Waals surface area contributed by atoms with Gasteiger partial charge < -0.3 is 9.47 Å². The average molecular weight is 314 g/mol. The zero-order valence-electron chi connectivity index (χ0n) is 13.4. The van der Waals surface area contributed by atoms with Crippen LogP contribution in [0.25, 0.3) is 0 Å². The van der Waals surface area contributed by atoms with Crippen molar-refractivity contribution >= 4 is 0 Å².